The number of imide groups is 1. The maximum atomic E-state index is 11.7. The van der Waals surface area contributed by atoms with Crippen molar-refractivity contribution in [1.82, 2.24) is 9.80 Å². The maximum absolute atomic E-state index is 11.7. The highest BCUT2D eigenvalue weighted by Gasteiger charge is 2.42. The molecule has 6 heteroatoms. The second kappa shape index (κ2) is 3.18. The first-order valence-corrected chi connectivity index (χ1v) is 4.54. The molecule has 0 aromatic rings. The number of carbonyl (C=O) groups excluding carboxylic acids is 2. The lowest BCUT2D eigenvalue weighted by atomic mass is 10.4. The van der Waals surface area contributed by atoms with E-state index in [1.165, 1.54) is 11.4 Å². The quantitative estimate of drug-likeness (QED) is 0.469. The molecule has 3 saturated heterocycles. The molecule has 0 spiro atoms. The molecule has 3 aliphatic heterocycles. The first kappa shape index (κ1) is 9.11. The van der Waals surface area contributed by atoms with Crippen molar-refractivity contribution in [3.05, 3.63) is 26.3 Å². The molecular formula is C9H8N2O4. The largest absolute Gasteiger partial charge is 0.364 e. The summed E-state index contributed by atoms with van der Waals surface area (Å²) < 4.78 is 9.65. The van der Waals surface area contributed by atoms with Crippen LogP contribution in [0.2, 0.25) is 0 Å². The summed E-state index contributed by atoms with van der Waals surface area (Å²) in [4.78, 5) is 25.5. The van der Waals surface area contributed by atoms with E-state index in [2.05, 4.69) is 0 Å². The number of ether oxygens (including phenoxy) is 2. The number of epoxide rings is 2. The van der Waals surface area contributed by atoms with Crippen molar-refractivity contribution >= 4 is 11.9 Å². The Hall–Kier alpha value is -1.14. The van der Waals surface area contributed by atoms with Crippen molar-refractivity contribution in [2.75, 3.05) is 6.54 Å². The van der Waals surface area contributed by atoms with Crippen molar-refractivity contribution in [2.24, 2.45) is 0 Å². The Balaban J connectivity index is 1.62. The molecule has 3 fully saturated rings. The molecule has 3 amide bonds. The lowest BCUT2D eigenvalue weighted by Gasteiger charge is -2.13. The van der Waals surface area contributed by atoms with E-state index in [1.54, 1.807) is 19.8 Å². The van der Waals surface area contributed by atoms with Crippen LogP contribution in [0, 0.1) is 26.3 Å². The van der Waals surface area contributed by atoms with Crippen LogP contribution in [0.4, 0.5) is 4.79 Å². The summed E-state index contributed by atoms with van der Waals surface area (Å²) >= 11 is 0. The van der Waals surface area contributed by atoms with Crippen LogP contribution < -0.4 is 0 Å². The fraction of sp³-hybridized carbons (Fsp3) is 0.333. The van der Waals surface area contributed by atoms with Gasteiger partial charge in [-0.15, -0.1) is 0 Å². The lowest BCUT2D eigenvalue weighted by molar-refractivity contribution is -0.124. The van der Waals surface area contributed by atoms with Gasteiger partial charge < -0.3 is 14.4 Å². The summed E-state index contributed by atoms with van der Waals surface area (Å²) in [5.74, 6) is -0.249. The molecule has 6 nitrogen and oxygen atoms in total. The van der Waals surface area contributed by atoms with Gasteiger partial charge in [-0.3, -0.25) is 9.69 Å². The van der Waals surface area contributed by atoms with E-state index >= 15 is 0 Å². The molecule has 78 valence electrons. The zero-order valence-corrected chi connectivity index (χ0v) is 7.70. The molecule has 3 aliphatic rings. The summed E-state index contributed by atoms with van der Waals surface area (Å²) in [7, 11) is 0. The summed E-state index contributed by atoms with van der Waals surface area (Å²) in [6.07, 6.45) is -0.341. The SMILES string of the molecule is O=C1CN([CH]C2[CH]O2)C(=O)N1[CH]C1[CH]O1. The van der Waals surface area contributed by atoms with Gasteiger partial charge in [0.2, 0.25) is 0 Å². The first-order valence-electron chi connectivity index (χ1n) is 4.54. The first-order chi connectivity index (χ1) is 7.24. The highest BCUT2D eigenvalue weighted by Crippen LogP contribution is 2.27. The topological polar surface area (TPSA) is 65.7 Å². The fourth-order valence-electron chi connectivity index (χ4n) is 1.35. The van der Waals surface area contributed by atoms with Crippen LogP contribution in [0.5, 0.6) is 0 Å². The van der Waals surface area contributed by atoms with Crippen molar-refractivity contribution < 1.29 is 19.1 Å². The van der Waals surface area contributed by atoms with Crippen LogP contribution in [0.3, 0.4) is 0 Å². The molecule has 0 N–H and O–H groups in total. The minimum atomic E-state index is -0.354. The third kappa shape index (κ3) is 1.82. The highest BCUT2D eigenvalue weighted by atomic mass is 16.6. The molecule has 2 unspecified atom stereocenters. The van der Waals surface area contributed by atoms with Gasteiger partial charge in [-0.2, -0.15) is 0 Å². The molecule has 4 radical (unpaired) electrons. The van der Waals surface area contributed by atoms with Crippen LogP contribution in [0.25, 0.3) is 0 Å². The van der Waals surface area contributed by atoms with Crippen LogP contribution in [0.1, 0.15) is 0 Å². The molecule has 0 aromatic heterocycles. The normalized spacial score (nSPS) is 33.9. The Kier molecular flexibility index (Phi) is 1.93. The maximum Gasteiger partial charge on any atom is 0.328 e. The van der Waals surface area contributed by atoms with Gasteiger partial charge in [0.1, 0.15) is 32.0 Å². The monoisotopic (exact) mass is 208 g/mol. The van der Waals surface area contributed by atoms with Gasteiger partial charge in [0.05, 0.1) is 13.1 Å². The van der Waals surface area contributed by atoms with Gasteiger partial charge in [-0.25, -0.2) is 4.79 Å². The van der Waals surface area contributed by atoms with E-state index in [9.17, 15) is 9.59 Å². The van der Waals surface area contributed by atoms with Gasteiger partial charge in [0.25, 0.3) is 5.91 Å². The van der Waals surface area contributed by atoms with Crippen molar-refractivity contribution in [2.45, 2.75) is 12.2 Å². The molecule has 15 heavy (non-hydrogen) atoms. The van der Waals surface area contributed by atoms with Crippen LogP contribution in [0.15, 0.2) is 0 Å². The minimum absolute atomic E-state index is 0.0652. The summed E-state index contributed by atoms with van der Waals surface area (Å²) in [6.45, 7) is 6.25. The van der Waals surface area contributed by atoms with E-state index in [0.717, 1.165) is 4.90 Å². The average molecular weight is 208 g/mol. The minimum Gasteiger partial charge on any atom is -0.364 e. The van der Waals surface area contributed by atoms with E-state index in [4.69, 9.17) is 9.47 Å². The van der Waals surface area contributed by atoms with E-state index < -0.39 is 0 Å². The number of urea groups is 1. The molecule has 3 heterocycles. The van der Waals surface area contributed by atoms with Crippen molar-refractivity contribution in [3.8, 4) is 0 Å². The molecule has 0 bridgehead atoms. The number of rotatable bonds is 4. The third-order valence-electron chi connectivity index (χ3n) is 2.24. The number of amides is 3. The van der Waals surface area contributed by atoms with Gasteiger partial charge >= 0.3 is 6.03 Å². The molecular weight excluding hydrogens is 200 g/mol. The lowest BCUT2D eigenvalue weighted by Crippen LogP contribution is -2.32. The standard InChI is InChI=1S/C9H8N2O4/c12-8-3-10(1-6-4-14-6)9(13)11(8)2-7-5-15-7/h1-2,4-7H,3H2. The smallest absolute Gasteiger partial charge is 0.328 e. The molecule has 0 saturated carbocycles. The Labute approximate surface area is 86.7 Å². The highest BCUT2D eigenvalue weighted by molar-refractivity contribution is 6.03. The Morgan fingerprint density at radius 3 is 2.40 bits per heavy atom. The average Bonchev–Trinajstić information content (AvgIpc) is 3.06. The summed E-state index contributed by atoms with van der Waals surface area (Å²) in [5, 5.41) is 0. The van der Waals surface area contributed by atoms with Crippen LogP contribution in [-0.4, -0.2) is 40.5 Å². The summed E-state index contributed by atoms with van der Waals surface area (Å²) in [5.41, 5.74) is 0. The molecule has 0 aromatic carbocycles. The number of hydrogen-bond acceptors (Lipinski definition) is 4. The number of carbonyl (C=O) groups is 2. The Morgan fingerprint density at radius 2 is 1.80 bits per heavy atom. The second-order valence-corrected chi connectivity index (χ2v) is 3.45. The van der Waals surface area contributed by atoms with Gasteiger partial charge in [0, 0.05) is 0 Å². The van der Waals surface area contributed by atoms with Gasteiger partial charge in [0.15, 0.2) is 0 Å². The zero-order chi connectivity index (χ0) is 10.4. The van der Waals surface area contributed by atoms with Crippen molar-refractivity contribution in [1.29, 1.82) is 0 Å². The van der Waals surface area contributed by atoms with Gasteiger partial charge in [-0.1, -0.05) is 0 Å². The molecule has 3 rings (SSSR count). The fourth-order valence-corrected chi connectivity index (χ4v) is 1.35. The number of hydrogen-bond donors (Lipinski definition) is 0. The predicted octanol–water partition coefficient (Wildman–Crippen LogP) is -0.305. The number of nitrogens with zero attached hydrogens (tertiary/aromatic N) is 2. The molecule has 2 atom stereocenters. The van der Waals surface area contributed by atoms with E-state index in [1.807, 2.05) is 0 Å². The molecule has 0 aliphatic carbocycles. The third-order valence-corrected chi connectivity index (χ3v) is 2.24. The zero-order valence-electron chi connectivity index (χ0n) is 7.70. The summed E-state index contributed by atoms with van der Waals surface area (Å²) in [6, 6.07) is -0.354. The van der Waals surface area contributed by atoms with Crippen molar-refractivity contribution in [3.63, 3.8) is 0 Å². The van der Waals surface area contributed by atoms with E-state index in [-0.39, 0.29) is 30.7 Å². The van der Waals surface area contributed by atoms with Gasteiger partial charge in [-0.05, 0) is 0 Å². The van der Waals surface area contributed by atoms with Crippen LogP contribution in [-0.2, 0) is 14.3 Å². The van der Waals surface area contributed by atoms with Crippen LogP contribution >= 0.6 is 0 Å². The second-order valence-electron chi connectivity index (χ2n) is 3.45. The van der Waals surface area contributed by atoms with E-state index in [0.29, 0.717) is 0 Å². The Bertz CT molecular complexity index is 311. The Morgan fingerprint density at radius 1 is 1.20 bits per heavy atom. The predicted molar refractivity (Wildman–Crippen MR) is 45.9 cm³/mol.